The molecule has 0 fully saturated rings. The SMILES string of the molecule is CN(C)c1ccnc(CNC(=O)Nc2ccc3c(n2)OCCO3)c1. The van der Waals surface area contributed by atoms with Crippen LogP contribution in [0.2, 0.25) is 0 Å². The number of pyridine rings is 2. The van der Waals surface area contributed by atoms with Crippen LogP contribution in [0.1, 0.15) is 5.69 Å². The van der Waals surface area contributed by atoms with E-state index in [0.717, 1.165) is 11.4 Å². The number of ether oxygens (including phenoxy) is 2. The van der Waals surface area contributed by atoms with Gasteiger partial charge in [-0.1, -0.05) is 0 Å². The lowest BCUT2D eigenvalue weighted by Crippen LogP contribution is -2.29. The van der Waals surface area contributed by atoms with E-state index in [2.05, 4.69) is 20.6 Å². The van der Waals surface area contributed by atoms with Crippen molar-refractivity contribution in [2.24, 2.45) is 0 Å². The summed E-state index contributed by atoms with van der Waals surface area (Å²) in [4.78, 5) is 22.4. The molecule has 2 aromatic heterocycles. The smallest absolute Gasteiger partial charge is 0.320 e. The molecule has 0 unspecified atom stereocenters. The predicted molar refractivity (Wildman–Crippen MR) is 89.6 cm³/mol. The van der Waals surface area contributed by atoms with E-state index in [1.165, 1.54) is 0 Å². The molecule has 0 bridgehead atoms. The molecule has 1 aliphatic rings. The van der Waals surface area contributed by atoms with Gasteiger partial charge in [0, 0.05) is 26.0 Å². The second-order valence-corrected chi connectivity index (χ2v) is 5.40. The largest absolute Gasteiger partial charge is 0.484 e. The van der Waals surface area contributed by atoms with Gasteiger partial charge in [-0.2, -0.15) is 4.98 Å². The van der Waals surface area contributed by atoms with E-state index in [1.54, 1.807) is 18.3 Å². The summed E-state index contributed by atoms with van der Waals surface area (Å²) in [6, 6.07) is 6.85. The Kier molecular flexibility index (Phi) is 4.64. The highest BCUT2D eigenvalue weighted by Gasteiger charge is 2.14. The third kappa shape index (κ3) is 3.83. The molecule has 126 valence electrons. The highest BCUT2D eigenvalue weighted by molar-refractivity contribution is 5.88. The summed E-state index contributed by atoms with van der Waals surface area (Å²) in [5.74, 6) is 1.36. The number of carbonyl (C=O) groups is 1. The molecule has 0 saturated carbocycles. The van der Waals surface area contributed by atoms with Crippen LogP contribution in [0.4, 0.5) is 16.3 Å². The van der Waals surface area contributed by atoms with E-state index >= 15 is 0 Å². The number of nitrogens with zero attached hydrogens (tertiary/aromatic N) is 3. The zero-order valence-corrected chi connectivity index (χ0v) is 13.6. The van der Waals surface area contributed by atoms with Crippen molar-refractivity contribution in [3.8, 4) is 11.6 Å². The molecule has 0 radical (unpaired) electrons. The first-order chi connectivity index (χ1) is 11.6. The third-order valence-corrected chi connectivity index (χ3v) is 3.39. The van der Waals surface area contributed by atoms with Crippen molar-refractivity contribution in [2.45, 2.75) is 6.54 Å². The normalized spacial score (nSPS) is 12.4. The number of nitrogens with one attached hydrogen (secondary N) is 2. The number of urea groups is 1. The summed E-state index contributed by atoms with van der Waals surface area (Å²) in [6.07, 6.45) is 1.71. The van der Waals surface area contributed by atoms with Crippen LogP contribution in [-0.2, 0) is 6.54 Å². The van der Waals surface area contributed by atoms with E-state index in [-0.39, 0.29) is 6.03 Å². The van der Waals surface area contributed by atoms with Crippen LogP contribution < -0.4 is 25.0 Å². The maximum absolute atomic E-state index is 12.0. The van der Waals surface area contributed by atoms with E-state index < -0.39 is 0 Å². The number of aromatic nitrogens is 2. The first kappa shape index (κ1) is 15.9. The van der Waals surface area contributed by atoms with Gasteiger partial charge in [0.05, 0.1) is 12.2 Å². The number of hydrogen-bond acceptors (Lipinski definition) is 6. The second-order valence-electron chi connectivity index (χ2n) is 5.40. The average molecular weight is 329 g/mol. The summed E-state index contributed by atoms with van der Waals surface area (Å²) in [5, 5.41) is 5.42. The van der Waals surface area contributed by atoms with Crippen LogP contribution in [0.3, 0.4) is 0 Å². The number of amides is 2. The van der Waals surface area contributed by atoms with Crippen molar-refractivity contribution >= 4 is 17.5 Å². The van der Waals surface area contributed by atoms with E-state index in [9.17, 15) is 4.79 Å². The van der Waals surface area contributed by atoms with Crippen LogP contribution in [-0.4, -0.2) is 43.3 Å². The molecule has 3 rings (SSSR count). The Morgan fingerprint density at radius 1 is 1.25 bits per heavy atom. The topological polar surface area (TPSA) is 88.6 Å². The molecule has 0 aromatic carbocycles. The van der Waals surface area contributed by atoms with E-state index in [0.29, 0.717) is 37.2 Å². The first-order valence-corrected chi connectivity index (χ1v) is 7.55. The van der Waals surface area contributed by atoms with Gasteiger partial charge in [-0.15, -0.1) is 0 Å². The van der Waals surface area contributed by atoms with Crippen molar-refractivity contribution < 1.29 is 14.3 Å². The Labute approximate surface area is 139 Å². The molecule has 1 aliphatic heterocycles. The lowest BCUT2D eigenvalue weighted by Gasteiger charge is -2.17. The van der Waals surface area contributed by atoms with Crippen molar-refractivity contribution in [2.75, 3.05) is 37.5 Å². The molecule has 2 amide bonds. The Hall–Kier alpha value is -3.03. The molecular weight excluding hydrogens is 310 g/mol. The Balaban J connectivity index is 1.57. The van der Waals surface area contributed by atoms with Gasteiger partial charge in [-0.05, 0) is 24.3 Å². The second kappa shape index (κ2) is 7.03. The van der Waals surface area contributed by atoms with Crippen LogP contribution >= 0.6 is 0 Å². The fraction of sp³-hybridized carbons (Fsp3) is 0.312. The fourth-order valence-electron chi connectivity index (χ4n) is 2.17. The molecule has 0 spiro atoms. The molecule has 2 aromatic rings. The fourth-order valence-corrected chi connectivity index (χ4v) is 2.17. The zero-order chi connectivity index (χ0) is 16.9. The van der Waals surface area contributed by atoms with Crippen LogP contribution in [0.15, 0.2) is 30.5 Å². The Morgan fingerprint density at radius 3 is 2.92 bits per heavy atom. The minimum Gasteiger partial charge on any atom is -0.484 e. The number of anilines is 2. The maximum Gasteiger partial charge on any atom is 0.320 e. The highest BCUT2D eigenvalue weighted by Crippen LogP contribution is 2.28. The maximum atomic E-state index is 12.0. The number of carbonyl (C=O) groups excluding carboxylic acids is 1. The zero-order valence-electron chi connectivity index (χ0n) is 13.6. The average Bonchev–Trinajstić information content (AvgIpc) is 2.60. The molecule has 3 heterocycles. The van der Waals surface area contributed by atoms with Gasteiger partial charge < -0.3 is 19.7 Å². The quantitative estimate of drug-likeness (QED) is 0.886. The van der Waals surface area contributed by atoms with Gasteiger partial charge in [-0.25, -0.2) is 4.79 Å². The summed E-state index contributed by atoms with van der Waals surface area (Å²) < 4.78 is 10.8. The number of rotatable bonds is 4. The molecule has 24 heavy (non-hydrogen) atoms. The van der Waals surface area contributed by atoms with Crippen molar-refractivity contribution in [3.05, 3.63) is 36.2 Å². The van der Waals surface area contributed by atoms with Crippen LogP contribution in [0.5, 0.6) is 11.6 Å². The molecular formula is C16H19N5O3. The highest BCUT2D eigenvalue weighted by atomic mass is 16.6. The Bertz CT molecular complexity index is 735. The molecule has 0 saturated heterocycles. The number of hydrogen-bond donors (Lipinski definition) is 2. The first-order valence-electron chi connectivity index (χ1n) is 7.55. The van der Waals surface area contributed by atoms with Crippen LogP contribution in [0, 0.1) is 0 Å². The van der Waals surface area contributed by atoms with Gasteiger partial charge in [0.25, 0.3) is 5.88 Å². The lowest BCUT2D eigenvalue weighted by molar-refractivity contribution is 0.164. The number of fused-ring (bicyclic) bond motifs is 1. The monoisotopic (exact) mass is 329 g/mol. The van der Waals surface area contributed by atoms with Gasteiger partial charge in [0.15, 0.2) is 5.75 Å². The van der Waals surface area contributed by atoms with E-state index in [1.807, 2.05) is 31.1 Å². The third-order valence-electron chi connectivity index (χ3n) is 3.39. The summed E-state index contributed by atoms with van der Waals surface area (Å²) in [6.45, 7) is 1.27. The van der Waals surface area contributed by atoms with Crippen LogP contribution in [0.25, 0.3) is 0 Å². The molecule has 0 atom stereocenters. The lowest BCUT2D eigenvalue weighted by atomic mass is 10.3. The molecule has 2 N–H and O–H groups in total. The summed E-state index contributed by atoms with van der Waals surface area (Å²) >= 11 is 0. The summed E-state index contributed by atoms with van der Waals surface area (Å²) in [7, 11) is 3.90. The van der Waals surface area contributed by atoms with Gasteiger partial charge in [0.2, 0.25) is 0 Å². The Morgan fingerprint density at radius 2 is 2.08 bits per heavy atom. The molecule has 8 nitrogen and oxygen atoms in total. The predicted octanol–water partition coefficient (Wildman–Crippen LogP) is 1.64. The molecule has 0 aliphatic carbocycles. The van der Waals surface area contributed by atoms with Crippen molar-refractivity contribution in [1.29, 1.82) is 0 Å². The van der Waals surface area contributed by atoms with Gasteiger partial charge in [0.1, 0.15) is 19.0 Å². The van der Waals surface area contributed by atoms with Crippen molar-refractivity contribution in [1.82, 2.24) is 15.3 Å². The minimum absolute atomic E-state index is 0.318. The van der Waals surface area contributed by atoms with Gasteiger partial charge in [-0.3, -0.25) is 10.3 Å². The van der Waals surface area contributed by atoms with Crippen molar-refractivity contribution in [3.63, 3.8) is 0 Å². The standard InChI is InChI=1S/C16H19N5O3/c1-21(2)12-5-6-17-11(9-12)10-18-16(22)20-14-4-3-13-15(19-14)24-8-7-23-13/h3-6,9H,7-8,10H2,1-2H3,(H2,18,19,20,22). The minimum atomic E-state index is -0.365. The van der Waals surface area contributed by atoms with E-state index in [4.69, 9.17) is 9.47 Å². The summed E-state index contributed by atoms with van der Waals surface area (Å²) in [5.41, 5.74) is 1.79. The van der Waals surface area contributed by atoms with Gasteiger partial charge >= 0.3 is 6.03 Å². The molecule has 8 heteroatoms.